The third-order valence-corrected chi connectivity index (χ3v) is 6.30. The van der Waals surface area contributed by atoms with Crippen molar-refractivity contribution in [3.63, 3.8) is 0 Å². The van der Waals surface area contributed by atoms with Gasteiger partial charge in [0.05, 0.1) is 17.9 Å². The average molecular weight is 362 g/mol. The van der Waals surface area contributed by atoms with E-state index in [1.54, 1.807) is 19.2 Å². The SMILES string of the molecule is COc1cccc(S(=O)C2CCN(CCc3ccc(F)cc3)CC2)n1. The van der Waals surface area contributed by atoms with E-state index in [4.69, 9.17) is 4.74 Å². The van der Waals surface area contributed by atoms with E-state index in [0.717, 1.165) is 44.5 Å². The number of rotatable bonds is 6. The van der Waals surface area contributed by atoms with E-state index in [-0.39, 0.29) is 11.1 Å². The number of benzene rings is 1. The molecule has 134 valence electrons. The van der Waals surface area contributed by atoms with Crippen LogP contribution in [0.15, 0.2) is 47.5 Å². The van der Waals surface area contributed by atoms with Gasteiger partial charge < -0.3 is 9.64 Å². The van der Waals surface area contributed by atoms with Crippen LogP contribution in [0.5, 0.6) is 5.88 Å². The van der Waals surface area contributed by atoms with Gasteiger partial charge in [0.15, 0.2) is 0 Å². The van der Waals surface area contributed by atoms with Crippen molar-refractivity contribution in [3.05, 3.63) is 53.8 Å². The third kappa shape index (κ3) is 4.86. The highest BCUT2D eigenvalue weighted by Crippen LogP contribution is 2.21. The summed E-state index contributed by atoms with van der Waals surface area (Å²) in [6.45, 7) is 2.81. The summed E-state index contributed by atoms with van der Waals surface area (Å²) < 4.78 is 30.8. The summed E-state index contributed by atoms with van der Waals surface area (Å²) in [6, 6.07) is 12.1. The zero-order valence-corrected chi connectivity index (χ0v) is 15.2. The van der Waals surface area contributed by atoms with Gasteiger partial charge in [0, 0.05) is 17.9 Å². The van der Waals surface area contributed by atoms with E-state index in [2.05, 4.69) is 9.88 Å². The first-order valence-electron chi connectivity index (χ1n) is 8.54. The molecule has 0 radical (unpaired) electrons. The van der Waals surface area contributed by atoms with E-state index in [0.29, 0.717) is 10.9 Å². The topological polar surface area (TPSA) is 42.4 Å². The van der Waals surface area contributed by atoms with Gasteiger partial charge >= 0.3 is 0 Å². The van der Waals surface area contributed by atoms with Crippen LogP contribution in [-0.4, -0.2) is 46.1 Å². The second kappa shape index (κ2) is 8.54. The fraction of sp³-hybridized carbons (Fsp3) is 0.421. The lowest BCUT2D eigenvalue weighted by molar-refractivity contribution is 0.234. The van der Waals surface area contributed by atoms with Gasteiger partial charge in [-0.15, -0.1) is 0 Å². The predicted molar refractivity (Wildman–Crippen MR) is 96.8 cm³/mol. The molecule has 25 heavy (non-hydrogen) atoms. The summed E-state index contributed by atoms with van der Waals surface area (Å²) in [6.07, 6.45) is 2.70. The van der Waals surface area contributed by atoms with Crippen LogP contribution in [0.25, 0.3) is 0 Å². The van der Waals surface area contributed by atoms with Crippen LogP contribution in [0.3, 0.4) is 0 Å². The Morgan fingerprint density at radius 1 is 1.20 bits per heavy atom. The molecular formula is C19H23FN2O2S. The molecule has 1 saturated heterocycles. The molecule has 1 atom stereocenters. The van der Waals surface area contributed by atoms with Crippen LogP contribution in [0, 0.1) is 5.82 Å². The molecule has 4 nitrogen and oxygen atoms in total. The number of likely N-dealkylation sites (tertiary alicyclic amines) is 1. The van der Waals surface area contributed by atoms with Gasteiger partial charge in [0.25, 0.3) is 0 Å². The Morgan fingerprint density at radius 3 is 2.60 bits per heavy atom. The minimum Gasteiger partial charge on any atom is -0.481 e. The number of aromatic nitrogens is 1. The average Bonchev–Trinajstić information content (AvgIpc) is 2.67. The number of methoxy groups -OCH3 is 1. The molecule has 1 aliphatic heterocycles. The van der Waals surface area contributed by atoms with Crippen LogP contribution in [-0.2, 0) is 17.2 Å². The molecule has 6 heteroatoms. The van der Waals surface area contributed by atoms with Crippen molar-refractivity contribution in [1.82, 2.24) is 9.88 Å². The quantitative estimate of drug-likeness (QED) is 0.792. The van der Waals surface area contributed by atoms with Gasteiger partial charge in [-0.05, 0) is 56.1 Å². The molecule has 1 aromatic heterocycles. The zero-order valence-electron chi connectivity index (χ0n) is 14.4. The standard InChI is InChI=1S/C19H23FN2O2S/c1-24-18-3-2-4-19(21-18)25(23)17-10-13-22(14-11-17)12-9-15-5-7-16(20)8-6-15/h2-8,17H,9-14H2,1H3. The number of nitrogens with zero attached hydrogens (tertiary/aromatic N) is 2. The Bertz CT molecular complexity index is 716. The first kappa shape index (κ1) is 18.0. The van der Waals surface area contributed by atoms with Crippen molar-refractivity contribution in [2.75, 3.05) is 26.7 Å². The van der Waals surface area contributed by atoms with Gasteiger partial charge in [0.2, 0.25) is 5.88 Å². The lowest BCUT2D eigenvalue weighted by atomic mass is 10.1. The highest BCUT2D eigenvalue weighted by Gasteiger charge is 2.25. The molecule has 2 heterocycles. The minimum absolute atomic E-state index is 0.140. The van der Waals surface area contributed by atoms with Crippen molar-refractivity contribution in [1.29, 1.82) is 0 Å². The highest BCUT2D eigenvalue weighted by molar-refractivity contribution is 7.85. The molecule has 1 aliphatic rings. The third-order valence-electron chi connectivity index (χ3n) is 4.58. The normalized spacial score (nSPS) is 17.4. The zero-order chi connectivity index (χ0) is 17.6. The molecule has 1 aromatic carbocycles. The lowest BCUT2D eigenvalue weighted by Crippen LogP contribution is -2.38. The van der Waals surface area contributed by atoms with Crippen LogP contribution >= 0.6 is 0 Å². The molecule has 1 fully saturated rings. The molecule has 0 amide bonds. The van der Waals surface area contributed by atoms with Crippen molar-refractivity contribution in [2.45, 2.75) is 29.5 Å². The maximum absolute atomic E-state index is 12.9. The fourth-order valence-corrected chi connectivity index (χ4v) is 4.45. The summed E-state index contributed by atoms with van der Waals surface area (Å²) >= 11 is 0. The molecule has 0 spiro atoms. The lowest BCUT2D eigenvalue weighted by Gasteiger charge is -2.31. The van der Waals surface area contributed by atoms with Crippen LogP contribution in [0.2, 0.25) is 0 Å². The van der Waals surface area contributed by atoms with Crippen molar-refractivity contribution in [3.8, 4) is 5.88 Å². The van der Waals surface area contributed by atoms with E-state index >= 15 is 0 Å². The van der Waals surface area contributed by atoms with Gasteiger partial charge in [0.1, 0.15) is 10.8 Å². The minimum atomic E-state index is -1.10. The number of ether oxygens (including phenoxy) is 1. The molecule has 1 unspecified atom stereocenters. The van der Waals surface area contributed by atoms with E-state index in [9.17, 15) is 8.60 Å². The maximum Gasteiger partial charge on any atom is 0.214 e. The summed E-state index contributed by atoms with van der Waals surface area (Å²) in [5.41, 5.74) is 1.15. The number of halogens is 1. The summed E-state index contributed by atoms with van der Waals surface area (Å²) in [4.78, 5) is 6.69. The first-order valence-corrected chi connectivity index (χ1v) is 9.75. The fourth-order valence-electron chi connectivity index (χ4n) is 3.08. The van der Waals surface area contributed by atoms with E-state index in [1.165, 1.54) is 12.1 Å². The number of hydrogen-bond acceptors (Lipinski definition) is 4. The summed E-state index contributed by atoms with van der Waals surface area (Å²) in [5.74, 6) is 0.306. The molecule has 2 aromatic rings. The van der Waals surface area contributed by atoms with E-state index < -0.39 is 10.8 Å². The second-order valence-electron chi connectivity index (χ2n) is 6.23. The Morgan fingerprint density at radius 2 is 1.92 bits per heavy atom. The van der Waals surface area contributed by atoms with Crippen molar-refractivity contribution >= 4 is 10.8 Å². The molecule has 0 aliphatic carbocycles. The first-order chi connectivity index (χ1) is 12.2. The van der Waals surface area contributed by atoms with Crippen LogP contribution in [0.4, 0.5) is 4.39 Å². The molecular weight excluding hydrogens is 339 g/mol. The van der Waals surface area contributed by atoms with Crippen LogP contribution < -0.4 is 4.74 Å². The monoisotopic (exact) mass is 362 g/mol. The Balaban J connectivity index is 1.49. The van der Waals surface area contributed by atoms with Gasteiger partial charge in [-0.25, -0.2) is 9.37 Å². The Labute approximate surface area is 150 Å². The summed E-state index contributed by atoms with van der Waals surface area (Å²) in [7, 11) is 0.465. The largest absolute Gasteiger partial charge is 0.481 e. The summed E-state index contributed by atoms with van der Waals surface area (Å²) in [5, 5.41) is 0.741. The second-order valence-corrected chi connectivity index (χ2v) is 7.91. The Hall–Kier alpha value is -1.79. The Kier molecular flexibility index (Phi) is 6.15. The van der Waals surface area contributed by atoms with Gasteiger partial charge in [-0.3, -0.25) is 4.21 Å². The predicted octanol–water partition coefficient (Wildman–Crippen LogP) is 3.04. The van der Waals surface area contributed by atoms with Gasteiger partial charge in [-0.1, -0.05) is 18.2 Å². The maximum atomic E-state index is 12.9. The van der Waals surface area contributed by atoms with Crippen LogP contribution in [0.1, 0.15) is 18.4 Å². The molecule has 0 N–H and O–H groups in total. The molecule has 3 rings (SSSR count). The number of hydrogen-bond donors (Lipinski definition) is 0. The van der Waals surface area contributed by atoms with E-state index in [1.807, 2.05) is 18.2 Å². The molecule has 0 bridgehead atoms. The smallest absolute Gasteiger partial charge is 0.214 e. The van der Waals surface area contributed by atoms with Crippen molar-refractivity contribution in [2.24, 2.45) is 0 Å². The molecule has 0 saturated carbocycles. The van der Waals surface area contributed by atoms with Gasteiger partial charge in [-0.2, -0.15) is 0 Å². The number of piperidine rings is 1. The van der Waals surface area contributed by atoms with Crippen molar-refractivity contribution < 1.29 is 13.3 Å². The number of pyridine rings is 1. The highest BCUT2D eigenvalue weighted by atomic mass is 32.2.